The topological polar surface area (TPSA) is 59.8 Å². The number of rotatable bonds is 3. The quantitative estimate of drug-likeness (QED) is 0.807. The standard InChI is InChI=1S/C13H11FN4OS/c1-2-18-10(5-6-15-18)12(19)17-13-16-9-4-3-8(14)7-11(9)20-13/h3-7H,2H2,1H3,(H,16,17,19). The Labute approximate surface area is 118 Å². The second kappa shape index (κ2) is 5.01. The highest BCUT2D eigenvalue weighted by molar-refractivity contribution is 7.22. The summed E-state index contributed by atoms with van der Waals surface area (Å²) >= 11 is 1.24. The summed E-state index contributed by atoms with van der Waals surface area (Å²) in [5, 5.41) is 7.20. The van der Waals surface area contributed by atoms with Gasteiger partial charge in [0.25, 0.3) is 5.91 Å². The molecule has 1 aromatic carbocycles. The average molecular weight is 290 g/mol. The third-order valence-corrected chi connectivity index (χ3v) is 3.75. The van der Waals surface area contributed by atoms with Gasteiger partial charge in [-0.05, 0) is 31.2 Å². The predicted molar refractivity (Wildman–Crippen MR) is 75.4 cm³/mol. The molecular formula is C13H11FN4OS. The van der Waals surface area contributed by atoms with E-state index in [1.165, 1.54) is 23.5 Å². The minimum absolute atomic E-state index is 0.274. The second-order valence-corrected chi connectivity index (χ2v) is 5.15. The molecule has 20 heavy (non-hydrogen) atoms. The molecule has 0 bridgehead atoms. The monoisotopic (exact) mass is 290 g/mol. The lowest BCUT2D eigenvalue weighted by Crippen LogP contribution is -2.17. The number of carbonyl (C=O) groups is 1. The molecule has 1 N–H and O–H groups in total. The van der Waals surface area contributed by atoms with E-state index in [9.17, 15) is 9.18 Å². The maximum atomic E-state index is 13.1. The molecule has 2 heterocycles. The molecule has 0 radical (unpaired) electrons. The Morgan fingerprint density at radius 2 is 2.30 bits per heavy atom. The SMILES string of the molecule is CCn1nccc1C(=O)Nc1nc2ccc(F)cc2s1. The second-order valence-electron chi connectivity index (χ2n) is 4.12. The molecule has 102 valence electrons. The Balaban J connectivity index is 1.87. The first-order valence-electron chi connectivity index (χ1n) is 6.06. The minimum Gasteiger partial charge on any atom is -0.296 e. The van der Waals surface area contributed by atoms with E-state index >= 15 is 0 Å². The molecule has 0 atom stereocenters. The molecule has 3 aromatic rings. The Hall–Kier alpha value is -2.28. The zero-order valence-corrected chi connectivity index (χ0v) is 11.4. The molecule has 2 aromatic heterocycles. The van der Waals surface area contributed by atoms with Crippen molar-refractivity contribution in [1.82, 2.24) is 14.8 Å². The van der Waals surface area contributed by atoms with Crippen LogP contribution < -0.4 is 5.32 Å². The Kier molecular flexibility index (Phi) is 3.19. The average Bonchev–Trinajstić information content (AvgIpc) is 3.03. The minimum atomic E-state index is -0.317. The molecule has 1 amide bonds. The maximum Gasteiger partial charge on any atom is 0.275 e. The van der Waals surface area contributed by atoms with E-state index in [1.807, 2.05) is 6.92 Å². The van der Waals surface area contributed by atoms with Crippen molar-refractivity contribution in [3.63, 3.8) is 0 Å². The Morgan fingerprint density at radius 1 is 1.45 bits per heavy atom. The summed E-state index contributed by atoms with van der Waals surface area (Å²) in [6, 6.07) is 5.98. The van der Waals surface area contributed by atoms with Gasteiger partial charge >= 0.3 is 0 Å². The number of halogens is 1. The van der Waals surface area contributed by atoms with Crippen molar-refractivity contribution in [3.05, 3.63) is 42.0 Å². The van der Waals surface area contributed by atoms with E-state index in [2.05, 4.69) is 15.4 Å². The zero-order valence-electron chi connectivity index (χ0n) is 10.6. The molecule has 0 unspecified atom stereocenters. The summed E-state index contributed by atoms with van der Waals surface area (Å²) < 4.78 is 15.4. The van der Waals surface area contributed by atoms with Gasteiger partial charge < -0.3 is 0 Å². The molecule has 5 nitrogen and oxygen atoms in total. The van der Waals surface area contributed by atoms with E-state index in [-0.39, 0.29) is 11.7 Å². The van der Waals surface area contributed by atoms with Gasteiger partial charge in [-0.25, -0.2) is 9.37 Å². The first kappa shape index (κ1) is 12.7. The van der Waals surface area contributed by atoms with Gasteiger partial charge in [-0.1, -0.05) is 11.3 Å². The highest BCUT2D eigenvalue weighted by Crippen LogP contribution is 2.26. The van der Waals surface area contributed by atoms with Crippen molar-refractivity contribution in [3.8, 4) is 0 Å². The molecule has 0 aliphatic rings. The summed E-state index contributed by atoms with van der Waals surface area (Å²) in [6.07, 6.45) is 1.58. The molecule has 0 saturated carbocycles. The van der Waals surface area contributed by atoms with Crippen LogP contribution in [0.5, 0.6) is 0 Å². The van der Waals surface area contributed by atoms with Crippen LogP contribution in [0.4, 0.5) is 9.52 Å². The van der Waals surface area contributed by atoms with Gasteiger partial charge in [-0.2, -0.15) is 5.10 Å². The molecular weight excluding hydrogens is 279 g/mol. The van der Waals surface area contributed by atoms with E-state index < -0.39 is 0 Å². The number of hydrogen-bond donors (Lipinski definition) is 1. The fourth-order valence-corrected chi connectivity index (χ4v) is 2.78. The smallest absolute Gasteiger partial charge is 0.275 e. The van der Waals surface area contributed by atoms with Crippen molar-refractivity contribution in [2.45, 2.75) is 13.5 Å². The van der Waals surface area contributed by atoms with Crippen molar-refractivity contribution in [1.29, 1.82) is 0 Å². The Bertz CT molecular complexity index is 780. The normalized spacial score (nSPS) is 10.9. The Morgan fingerprint density at radius 3 is 3.10 bits per heavy atom. The third kappa shape index (κ3) is 2.27. The van der Waals surface area contributed by atoms with Crippen LogP contribution in [0.3, 0.4) is 0 Å². The van der Waals surface area contributed by atoms with Crippen LogP contribution >= 0.6 is 11.3 Å². The van der Waals surface area contributed by atoms with Crippen LogP contribution in [0.1, 0.15) is 17.4 Å². The summed E-state index contributed by atoms with van der Waals surface area (Å²) in [5.74, 6) is -0.591. The number of aromatic nitrogens is 3. The number of amides is 1. The lowest BCUT2D eigenvalue weighted by molar-refractivity contribution is 0.101. The molecule has 0 fully saturated rings. The van der Waals surface area contributed by atoms with Crippen LogP contribution in [-0.4, -0.2) is 20.7 Å². The highest BCUT2D eigenvalue weighted by Gasteiger charge is 2.13. The van der Waals surface area contributed by atoms with Gasteiger partial charge in [0.1, 0.15) is 11.5 Å². The van der Waals surface area contributed by atoms with E-state index in [0.717, 1.165) is 0 Å². The summed E-state index contributed by atoms with van der Waals surface area (Å²) in [5.41, 5.74) is 1.13. The summed E-state index contributed by atoms with van der Waals surface area (Å²) in [6.45, 7) is 2.52. The number of carbonyl (C=O) groups excluding carboxylic acids is 1. The van der Waals surface area contributed by atoms with Gasteiger partial charge in [0, 0.05) is 12.7 Å². The van der Waals surface area contributed by atoms with Gasteiger partial charge in [0.15, 0.2) is 5.13 Å². The third-order valence-electron chi connectivity index (χ3n) is 2.82. The predicted octanol–water partition coefficient (Wildman–Crippen LogP) is 2.90. The van der Waals surface area contributed by atoms with Crippen molar-refractivity contribution in [2.24, 2.45) is 0 Å². The highest BCUT2D eigenvalue weighted by atomic mass is 32.1. The van der Waals surface area contributed by atoms with Crippen LogP contribution in [0, 0.1) is 5.82 Å². The number of hydrogen-bond acceptors (Lipinski definition) is 4. The van der Waals surface area contributed by atoms with Gasteiger partial charge in [0.2, 0.25) is 0 Å². The van der Waals surface area contributed by atoms with Crippen LogP contribution in [0.25, 0.3) is 10.2 Å². The van der Waals surface area contributed by atoms with Crippen molar-refractivity contribution >= 4 is 32.6 Å². The fourth-order valence-electron chi connectivity index (χ4n) is 1.89. The summed E-state index contributed by atoms with van der Waals surface area (Å²) in [4.78, 5) is 16.4. The number of benzene rings is 1. The zero-order chi connectivity index (χ0) is 14.1. The molecule has 0 aliphatic carbocycles. The number of anilines is 1. The first-order valence-corrected chi connectivity index (χ1v) is 6.88. The summed E-state index contributed by atoms with van der Waals surface area (Å²) in [7, 11) is 0. The van der Waals surface area contributed by atoms with E-state index in [4.69, 9.17) is 0 Å². The van der Waals surface area contributed by atoms with Crippen molar-refractivity contribution < 1.29 is 9.18 Å². The fraction of sp³-hybridized carbons (Fsp3) is 0.154. The van der Waals surface area contributed by atoms with Crippen molar-refractivity contribution in [2.75, 3.05) is 5.32 Å². The van der Waals surface area contributed by atoms with Crippen LogP contribution in [0.2, 0.25) is 0 Å². The van der Waals surface area contributed by atoms with E-state index in [0.29, 0.717) is 27.6 Å². The number of fused-ring (bicyclic) bond motifs is 1. The van der Waals surface area contributed by atoms with Gasteiger partial charge in [0.05, 0.1) is 10.2 Å². The molecule has 0 aliphatic heterocycles. The largest absolute Gasteiger partial charge is 0.296 e. The molecule has 0 spiro atoms. The van der Waals surface area contributed by atoms with E-state index in [1.54, 1.807) is 23.0 Å². The molecule has 3 rings (SSSR count). The van der Waals surface area contributed by atoms with Gasteiger partial charge in [-0.3, -0.25) is 14.8 Å². The number of thiazole rings is 1. The lowest BCUT2D eigenvalue weighted by atomic mass is 10.3. The first-order chi connectivity index (χ1) is 9.67. The molecule has 0 saturated heterocycles. The lowest BCUT2D eigenvalue weighted by Gasteiger charge is -2.03. The van der Waals surface area contributed by atoms with Crippen LogP contribution in [-0.2, 0) is 6.54 Å². The number of nitrogens with zero attached hydrogens (tertiary/aromatic N) is 3. The van der Waals surface area contributed by atoms with Crippen LogP contribution in [0.15, 0.2) is 30.5 Å². The number of nitrogens with one attached hydrogen (secondary N) is 1. The maximum absolute atomic E-state index is 13.1. The van der Waals surface area contributed by atoms with Gasteiger partial charge in [-0.15, -0.1) is 0 Å². The molecule has 7 heteroatoms. The number of aryl methyl sites for hydroxylation is 1.